The molecule has 0 radical (unpaired) electrons. The van der Waals surface area contributed by atoms with E-state index in [0.29, 0.717) is 11.8 Å². The Hall–Kier alpha value is -1.62. The van der Waals surface area contributed by atoms with Gasteiger partial charge in [-0.2, -0.15) is 5.26 Å². The van der Waals surface area contributed by atoms with Crippen LogP contribution >= 0.6 is 0 Å². The van der Waals surface area contributed by atoms with Gasteiger partial charge in [-0.05, 0) is 31.1 Å². The molecule has 0 aromatic heterocycles. The topological polar surface area (TPSA) is 40.9 Å². The van der Waals surface area contributed by atoms with Crippen LogP contribution in [-0.2, 0) is 0 Å². The molecule has 2 aliphatic carbocycles. The minimum atomic E-state index is -0.0406. The van der Waals surface area contributed by atoms with Gasteiger partial charge in [0.05, 0.1) is 12.0 Å². The lowest BCUT2D eigenvalue weighted by Crippen LogP contribution is -2.28. The number of rotatable bonds is 2. The maximum absolute atomic E-state index is 12.5. The van der Waals surface area contributed by atoms with Crippen LogP contribution in [0.1, 0.15) is 29.6 Å². The summed E-state index contributed by atoms with van der Waals surface area (Å²) in [5.41, 5.74) is 0.769. The molecule has 2 nitrogen and oxygen atoms in total. The maximum atomic E-state index is 12.5. The number of nitrogens with zero attached hydrogens (tertiary/aromatic N) is 1. The Balaban J connectivity index is 1.90. The molecule has 2 aliphatic rings. The van der Waals surface area contributed by atoms with Crippen molar-refractivity contribution >= 4 is 5.78 Å². The van der Waals surface area contributed by atoms with Crippen molar-refractivity contribution in [1.82, 2.24) is 0 Å². The van der Waals surface area contributed by atoms with Gasteiger partial charge in [0.15, 0.2) is 5.78 Å². The zero-order valence-electron chi connectivity index (χ0n) is 9.67. The minimum Gasteiger partial charge on any atom is -0.294 e. The molecule has 1 aromatic rings. The van der Waals surface area contributed by atoms with Crippen molar-refractivity contribution in [3.05, 3.63) is 35.9 Å². The molecule has 3 rings (SSSR count). The predicted molar refractivity (Wildman–Crippen MR) is 64.2 cm³/mol. The second-order valence-corrected chi connectivity index (χ2v) is 5.24. The Bertz CT molecular complexity index is 473. The van der Waals surface area contributed by atoms with E-state index in [4.69, 9.17) is 0 Å². The summed E-state index contributed by atoms with van der Waals surface area (Å²) in [6, 6.07) is 11.8. The predicted octanol–water partition coefficient (Wildman–Crippen LogP) is 3.06. The Morgan fingerprint density at radius 2 is 1.88 bits per heavy atom. The highest BCUT2D eigenvalue weighted by molar-refractivity contribution is 5.98. The number of ketones is 1. The Morgan fingerprint density at radius 3 is 2.59 bits per heavy atom. The SMILES string of the molecule is N#CC1C2CCC(C2)C1C(=O)c1ccccc1. The van der Waals surface area contributed by atoms with Crippen molar-refractivity contribution in [2.75, 3.05) is 0 Å². The van der Waals surface area contributed by atoms with Gasteiger partial charge in [0.1, 0.15) is 0 Å². The molecule has 0 aliphatic heterocycles. The van der Waals surface area contributed by atoms with Crippen LogP contribution in [0.2, 0.25) is 0 Å². The van der Waals surface area contributed by atoms with Gasteiger partial charge in [0.25, 0.3) is 0 Å². The van der Waals surface area contributed by atoms with Gasteiger partial charge >= 0.3 is 0 Å². The molecule has 17 heavy (non-hydrogen) atoms. The summed E-state index contributed by atoms with van der Waals surface area (Å²) < 4.78 is 0. The summed E-state index contributed by atoms with van der Waals surface area (Å²) in [7, 11) is 0. The van der Waals surface area contributed by atoms with Crippen LogP contribution in [0.3, 0.4) is 0 Å². The van der Waals surface area contributed by atoms with Crippen LogP contribution in [0.25, 0.3) is 0 Å². The number of hydrogen-bond acceptors (Lipinski definition) is 2. The molecular weight excluding hydrogens is 210 g/mol. The Labute approximate surface area is 101 Å². The monoisotopic (exact) mass is 225 g/mol. The average Bonchev–Trinajstić information content (AvgIpc) is 2.98. The van der Waals surface area contributed by atoms with Crippen molar-refractivity contribution in [3.63, 3.8) is 0 Å². The Kier molecular flexibility index (Phi) is 2.48. The molecule has 0 spiro atoms. The second kappa shape index (κ2) is 4.00. The minimum absolute atomic E-state index is 0.0403. The molecule has 0 N–H and O–H groups in total. The van der Waals surface area contributed by atoms with E-state index in [1.807, 2.05) is 30.3 Å². The third-order valence-electron chi connectivity index (χ3n) is 4.43. The highest BCUT2D eigenvalue weighted by Crippen LogP contribution is 2.52. The average molecular weight is 225 g/mol. The van der Waals surface area contributed by atoms with E-state index in [0.717, 1.165) is 24.8 Å². The summed E-state index contributed by atoms with van der Waals surface area (Å²) >= 11 is 0. The van der Waals surface area contributed by atoms with Crippen LogP contribution in [-0.4, -0.2) is 5.78 Å². The molecule has 2 heteroatoms. The van der Waals surface area contributed by atoms with Gasteiger partial charge < -0.3 is 0 Å². The fourth-order valence-corrected chi connectivity index (χ4v) is 3.65. The summed E-state index contributed by atoms with van der Waals surface area (Å²) in [4.78, 5) is 12.5. The summed E-state index contributed by atoms with van der Waals surface area (Å²) in [5, 5.41) is 9.25. The molecule has 0 saturated heterocycles. The lowest BCUT2D eigenvalue weighted by Gasteiger charge is -2.25. The number of carbonyl (C=O) groups excluding carboxylic acids is 1. The zero-order chi connectivity index (χ0) is 11.8. The fraction of sp³-hybridized carbons (Fsp3) is 0.467. The fourth-order valence-electron chi connectivity index (χ4n) is 3.65. The molecule has 2 fully saturated rings. The van der Waals surface area contributed by atoms with Crippen molar-refractivity contribution in [1.29, 1.82) is 5.26 Å². The first-order chi connectivity index (χ1) is 8.31. The van der Waals surface area contributed by atoms with Crippen LogP contribution in [0.15, 0.2) is 30.3 Å². The summed E-state index contributed by atoms with van der Waals surface area (Å²) in [5.74, 6) is 1.03. The van der Waals surface area contributed by atoms with Gasteiger partial charge in [-0.3, -0.25) is 4.79 Å². The van der Waals surface area contributed by atoms with E-state index in [1.54, 1.807) is 0 Å². The quantitative estimate of drug-likeness (QED) is 0.726. The first-order valence-electron chi connectivity index (χ1n) is 6.30. The van der Waals surface area contributed by atoms with Crippen LogP contribution in [0.5, 0.6) is 0 Å². The summed E-state index contributed by atoms with van der Waals surface area (Å²) in [6.45, 7) is 0. The van der Waals surface area contributed by atoms with Gasteiger partial charge in [-0.1, -0.05) is 30.3 Å². The van der Waals surface area contributed by atoms with Crippen LogP contribution in [0.4, 0.5) is 0 Å². The number of benzene rings is 1. The highest BCUT2D eigenvalue weighted by atomic mass is 16.1. The van der Waals surface area contributed by atoms with E-state index < -0.39 is 0 Å². The van der Waals surface area contributed by atoms with Gasteiger partial charge in [-0.15, -0.1) is 0 Å². The first kappa shape index (κ1) is 10.5. The molecule has 4 atom stereocenters. The second-order valence-electron chi connectivity index (χ2n) is 5.24. The Morgan fingerprint density at radius 1 is 1.18 bits per heavy atom. The summed E-state index contributed by atoms with van der Waals surface area (Å²) in [6.07, 6.45) is 3.36. The molecule has 1 aromatic carbocycles. The molecule has 2 bridgehead atoms. The lowest BCUT2D eigenvalue weighted by atomic mass is 9.76. The third kappa shape index (κ3) is 1.58. The van der Waals surface area contributed by atoms with E-state index in [9.17, 15) is 10.1 Å². The van der Waals surface area contributed by atoms with Crippen molar-refractivity contribution in [3.8, 4) is 6.07 Å². The van der Waals surface area contributed by atoms with E-state index in [1.165, 1.54) is 0 Å². The van der Waals surface area contributed by atoms with Gasteiger partial charge in [-0.25, -0.2) is 0 Å². The van der Waals surface area contributed by atoms with Gasteiger partial charge in [0, 0.05) is 11.5 Å². The molecule has 86 valence electrons. The first-order valence-corrected chi connectivity index (χ1v) is 6.30. The molecular formula is C15H15NO. The number of carbonyl (C=O) groups is 1. The molecule has 2 saturated carbocycles. The number of Topliss-reactive ketones (excluding diaryl/α,β-unsaturated/α-hetero) is 1. The smallest absolute Gasteiger partial charge is 0.167 e. The van der Waals surface area contributed by atoms with E-state index in [-0.39, 0.29) is 17.6 Å². The van der Waals surface area contributed by atoms with E-state index >= 15 is 0 Å². The molecule has 4 unspecified atom stereocenters. The largest absolute Gasteiger partial charge is 0.294 e. The number of nitriles is 1. The molecule has 0 heterocycles. The molecule has 0 amide bonds. The van der Waals surface area contributed by atoms with Crippen molar-refractivity contribution in [2.45, 2.75) is 19.3 Å². The third-order valence-corrected chi connectivity index (χ3v) is 4.43. The normalized spacial score (nSPS) is 34.5. The maximum Gasteiger partial charge on any atom is 0.167 e. The zero-order valence-corrected chi connectivity index (χ0v) is 9.67. The number of fused-ring (bicyclic) bond motifs is 2. The highest BCUT2D eigenvalue weighted by Gasteiger charge is 2.50. The van der Waals surface area contributed by atoms with Crippen molar-refractivity contribution in [2.24, 2.45) is 23.7 Å². The van der Waals surface area contributed by atoms with Crippen molar-refractivity contribution < 1.29 is 4.79 Å². The van der Waals surface area contributed by atoms with Crippen LogP contribution in [0, 0.1) is 35.0 Å². The van der Waals surface area contributed by atoms with Gasteiger partial charge in [0.2, 0.25) is 0 Å². The standard InChI is InChI=1S/C15H15NO/c16-9-13-11-6-7-12(8-11)14(13)15(17)10-4-2-1-3-5-10/h1-5,11-14H,6-8H2. The number of hydrogen-bond donors (Lipinski definition) is 0. The van der Waals surface area contributed by atoms with E-state index in [2.05, 4.69) is 6.07 Å². The van der Waals surface area contributed by atoms with Crippen LogP contribution < -0.4 is 0 Å². The lowest BCUT2D eigenvalue weighted by molar-refractivity contribution is 0.0842.